The molecule has 4 rings (SSSR count). The number of aliphatic hydroxyl groups excluding tert-OH is 1. The Morgan fingerprint density at radius 1 is 1.27 bits per heavy atom. The van der Waals surface area contributed by atoms with E-state index in [0.29, 0.717) is 17.6 Å². The van der Waals surface area contributed by atoms with Gasteiger partial charge in [-0.1, -0.05) is 0 Å². The second-order valence-electron chi connectivity index (χ2n) is 5.31. The zero-order chi connectivity index (χ0) is 15.1. The van der Waals surface area contributed by atoms with Crippen LogP contribution in [-0.4, -0.2) is 47.5 Å². The van der Waals surface area contributed by atoms with E-state index in [1.54, 1.807) is 46.1 Å². The first-order valence-electron chi connectivity index (χ1n) is 7.00. The number of aromatic nitrogens is 5. The highest BCUT2D eigenvalue weighted by atomic mass is 16.3. The van der Waals surface area contributed by atoms with Gasteiger partial charge in [0, 0.05) is 24.8 Å². The number of nitrogens with zero attached hydrogens (tertiary/aromatic N) is 5. The van der Waals surface area contributed by atoms with Gasteiger partial charge in [0.1, 0.15) is 5.56 Å². The van der Waals surface area contributed by atoms with Crippen LogP contribution in [0.1, 0.15) is 22.8 Å². The summed E-state index contributed by atoms with van der Waals surface area (Å²) in [5.41, 5.74) is 0.928. The summed E-state index contributed by atoms with van der Waals surface area (Å²) >= 11 is 0. The molecule has 8 nitrogen and oxygen atoms in total. The number of nitrogens with one attached hydrogen (secondary N) is 1. The third-order valence-corrected chi connectivity index (χ3v) is 3.97. The van der Waals surface area contributed by atoms with Crippen LogP contribution >= 0.6 is 0 Å². The van der Waals surface area contributed by atoms with E-state index in [2.05, 4.69) is 20.5 Å². The van der Waals surface area contributed by atoms with Crippen molar-refractivity contribution in [3.05, 3.63) is 48.7 Å². The van der Waals surface area contributed by atoms with Gasteiger partial charge in [0.15, 0.2) is 5.65 Å². The quantitative estimate of drug-likeness (QED) is 0.711. The van der Waals surface area contributed by atoms with Crippen LogP contribution in [0.15, 0.2) is 43.1 Å². The molecule has 0 spiro atoms. The van der Waals surface area contributed by atoms with E-state index in [1.807, 2.05) is 0 Å². The molecular formula is C14H14N6O2. The van der Waals surface area contributed by atoms with Gasteiger partial charge in [-0.3, -0.25) is 9.48 Å². The summed E-state index contributed by atoms with van der Waals surface area (Å²) in [6.07, 6.45) is 8.28. The lowest BCUT2D eigenvalue weighted by Crippen LogP contribution is -2.56. The van der Waals surface area contributed by atoms with Crippen LogP contribution in [0.5, 0.6) is 0 Å². The average molecular weight is 298 g/mol. The van der Waals surface area contributed by atoms with E-state index in [-0.39, 0.29) is 18.0 Å². The molecule has 1 amide bonds. The van der Waals surface area contributed by atoms with Gasteiger partial charge in [0.25, 0.3) is 5.91 Å². The first-order chi connectivity index (χ1) is 10.7. The summed E-state index contributed by atoms with van der Waals surface area (Å²) < 4.78 is 3.23. The molecule has 1 aliphatic carbocycles. The molecule has 3 heterocycles. The van der Waals surface area contributed by atoms with Crippen molar-refractivity contribution in [2.75, 3.05) is 0 Å². The Morgan fingerprint density at radius 3 is 2.91 bits per heavy atom. The Morgan fingerprint density at radius 2 is 2.14 bits per heavy atom. The molecule has 1 saturated carbocycles. The Hall–Kier alpha value is -2.74. The van der Waals surface area contributed by atoms with Crippen LogP contribution in [-0.2, 0) is 0 Å². The normalized spacial score (nSPS) is 24.1. The maximum atomic E-state index is 12.4. The Balaban J connectivity index is 1.55. The van der Waals surface area contributed by atoms with Crippen LogP contribution in [0.3, 0.4) is 0 Å². The van der Waals surface area contributed by atoms with Gasteiger partial charge in [0.05, 0.1) is 24.4 Å². The van der Waals surface area contributed by atoms with Crippen LogP contribution in [0.2, 0.25) is 0 Å². The smallest absolute Gasteiger partial charge is 0.257 e. The third kappa shape index (κ3) is 1.96. The number of amides is 1. The van der Waals surface area contributed by atoms with Gasteiger partial charge in [-0.25, -0.2) is 9.50 Å². The van der Waals surface area contributed by atoms with Crippen LogP contribution in [0.4, 0.5) is 0 Å². The maximum absolute atomic E-state index is 12.4. The molecule has 0 aromatic carbocycles. The highest BCUT2D eigenvalue weighted by Gasteiger charge is 2.42. The minimum absolute atomic E-state index is 0.166. The third-order valence-electron chi connectivity index (χ3n) is 3.97. The van der Waals surface area contributed by atoms with Gasteiger partial charge >= 0.3 is 0 Å². The molecule has 3 aromatic rings. The van der Waals surface area contributed by atoms with E-state index in [0.717, 1.165) is 0 Å². The van der Waals surface area contributed by atoms with Crippen molar-refractivity contribution >= 4 is 11.6 Å². The number of aliphatic hydroxyl groups is 1. The lowest BCUT2D eigenvalue weighted by molar-refractivity contribution is -0.00586. The van der Waals surface area contributed by atoms with Gasteiger partial charge in [-0.2, -0.15) is 10.2 Å². The predicted octanol–water partition coefficient (Wildman–Crippen LogP) is 0.0301. The number of hydrogen-bond acceptors (Lipinski definition) is 5. The Bertz CT molecular complexity index is 812. The molecule has 8 heteroatoms. The monoisotopic (exact) mass is 298 g/mol. The van der Waals surface area contributed by atoms with E-state index in [4.69, 9.17) is 0 Å². The number of carbonyl (C=O) groups excluding carboxylic acids is 1. The van der Waals surface area contributed by atoms with Gasteiger partial charge in [0.2, 0.25) is 0 Å². The number of fused-ring (bicyclic) bond motifs is 1. The lowest BCUT2D eigenvalue weighted by Gasteiger charge is -2.41. The molecule has 3 atom stereocenters. The maximum Gasteiger partial charge on any atom is 0.257 e. The molecule has 2 N–H and O–H groups in total. The van der Waals surface area contributed by atoms with Crippen LogP contribution in [0, 0.1) is 0 Å². The fraction of sp³-hybridized carbons (Fsp3) is 0.286. The minimum atomic E-state index is -0.507. The fourth-order valence-corrected chi connectivity index (χ4v) is 2.81. The molecule has 3 aromatic heterocycles. The van der Waals surface area contributed by atoms with E-state index < -0.39 is 6.10 Å². The van der Waals surface area contributed by atoms with Crippen molar-refractivity contribution in [3.8, 4) is 0 Å². The van der Waals surface area contributed by atoms with Crippen LogP contribution < -0.4 is 5.32 Å². The second kappa shape index (κ2) is 4.92. The zero-order valence-corrected chi connectivity index (χ0v) is 11.6. The first kappa shape index (κ1) is 13.0. The number of carbonyl (C=O) groups is 1. The SMILES string of the molecule is O=C(N[C@H]1C[C@@H](O)[C@@H]1n1cccn1)c1cnn2cccnc12. The molecule has 1 aliphatic rings. The molecule has 0 radical (unpaired) electrons. The molecular weight excluding hydrogens is 284 g/mol. The van der Waals surface area contributed by atoms with Crippen molar-refractivity contribution in [2.24, 2.45) is 0 Å². The van der Waals surface area contributed by atoms with Crippen LogP contribution in [0.25, 0.3) is 5.65 Å². The average Bonchev–Trinajstić information content (AvgIpc) is 3.15. The highest BCUT2D eigenvalue weighted by Crippen LogP contribution is 2.32. The summed E-state index contributed by atoms with van der Waals surface area (Å²) in [7, 11) is 0. The summed E-state index contributed by atoms with van der Waals surface area (Å²) in [4.78, 5) is 16.6. The second-order valence-corrected chi connectivity index (χ2v) is 5.31. The largest absolute Gasteiger partial charge is 0.391 e. The van der Waals surface area contributed by atoms with Crippen molar-refractivity contribution in [2.45, 2.75) is 24.6 Å². The number of rotatable bonds is 3. The molecule has 112 valence electrons. The molecule has 0 saturated heterocycles. The van der Waals surface area contributed by atoms with Crippen molar-refractivity contribution in [3.63, 3.8) is 0 Å². The molecule has 1 fully saturated rings. The topological polar surface area (TPSA) is 97.3 Å². The van der Waals surface area contributed by atoms with Gasteiger partial charge in [-0.15, -0.1) is 0 Å². The standard InChI is InChI=1S/C14H14N6O2/c21-11-7-10(12(11)19-5-2-4-16-19)18-14(22)9-8-17-20-6-1-3-15-13(9)20/h1-6,8,10-12,21H,7H2,(H,18,22)/t10-,11+,12+/m0/s1. The predicted molar refractivity (Wildman–Crippen MR) is 76.1 cm³/mol. The zero-order valence-electron chi connectivity index (χ0n) is 11.6. The van der Waals surface area contributed by atoms with E-state index in [9.17, 15) is 9.90 Å². The summed E-state index contributed by atoms with van der Waals surface area (Å²) in [5, 5.41) is 21.1. The van der Waals surface area contributed by atoms with Gasteiger partial charge < -0.3 is 10.4 Å². The number of hydrogen-bond donors (Lipinski definition) is 2. The van der Waals surface area contributed by atoms with Gasteiger partial charge in [-0.05, 0) is 18.6 Å². The fourth-order valence-electron chi connectivity index (χ4n) is 2.81. The summed E-state index contributed by atoms with van der Waals surface area (Å²) in [6, 6.07) is 3.13. The Labute approximate surface area is 125 Å². The van der Waals surface area contributed by atoms with Crippen molar-refractivity contribution < 1.29 is 9.90 Å². The minimum Gasteiger partial charge on any atom is -0.391 e. The van der Waals surface area contributed by atoms with Crippen molar-refractivity contribution in [1.82, 2.24) is 29.7 Å². The molecule has 0 unspecified atom stereocenters. The summed E-state index contributed by atoms with van der Waals surface area (Å²) in [6.45, 7) is 0. The summed E-state index contributed by atoms with van der Waals surface area (Å²) in [5.74, 6) is -0.247. The van der Waals surface area contributed by atoms with Crippen molar-refractivity contribution in [1.29, 1.82) is 0 Å². The molecule has 0 aliphatic heterocycles. The molecule has 22 heavy (non-hydrogen) atoms. The van der Waals surface area contributed by atoms with E-state index in [1.165, 1.54) is 6.20 Å². The Kier molecular flexibility index (Phi) is 2.90. The lowest BCUT2D eigenvalue weighted by atomic mass is 9.83. The highest BCUT2D eigenvalue weighted by molar-refractivity contribution is 5.99. The molecule has 0 bridgehead atoms. The van der Waals surface area contributed by atoms with E-state index >= 15 is 0 Å². The first-order valence-corrected chi connectivity index (χ1v) is 7.00.